The van der Waals surface area contributed by atoms with Crippen LogP contribution in [0.3, 0.4) is 0 Å². The first kappa shape index (κ1) is 17.5. The van der Waals surface area contributed by atoms with Crippen LogP contribution >= 0.6 is 0 Å². The number of ether oxygens (including phenoxy) is 1. The molecule has 2 aromatic carbocycles. The van der Waals surface area contributed by atoms with Gasteiger partial charge in [0.05, 0.1) is 0 Å². The van der Waals surface area contributed by atoms with E-state index in [2.05, 4.69) is 50.4 Å². The summed E-state index contributed by atoms with van der Waals surface area (Å²) in [4.78, 5) is 0. The van der Waals surface area contributed by atoms with Crippen molar-refractivity contribution in [2.24, 2.45) is 0 Å². The van der Waals surface area contributed by atoms with E-state index in [0.29, 0.717) is 12.5 Å². The molecule has 2 atom stereocenters. The molecule has 0 fully saturated rings. The Hall–Kier alpha value is -1.84. The first-order valence-electron chi connectivity index (χ1n) is 8.25. The molecule has 2 rings (SSSR count). The SMILES string of the molecule is CC(C)c1ccc(OC[C@H](O)CN[C@H](C)c2ccccc2)cc1. The Kier molecular flexibility index (Phi) is 6.63. The van der Waals surface area contributed by atoms with Crippen molar-refractivity contribution >= 4 is 0 Å². The van der Waals surface area contributed by atoms with Crippen molar-refractivity contribution in [1.82, 2.24) is 5.32 Å². The van der Waals surface area contributed by atoms with Gasteiger partial charge in [-0.15, -0.1) is 0 Å². The summed E-state index contributed by atoms with van der Waals surface area (Å²) in [5, 5.41) is 13.4. The van der Waals surface area contributed by atoms with Crippen molar-refractivity contribution in [2.75, 3.05) is 13.2 Å². The molecule has 124 valence electrons. The van der Waals surface area contributed by atoms with Gasteiger partial charge in [-0.05, 0) is 36.1 Å². The van der Waals surface area contributed by atoms with Crippen LogP contribution in [0.15, 0.2) is 54.6 Å². The molecule has 0 bridgehead atoms. The van der Waals surface area contributed by atoms with Crippen molar-refractivity contribution in [2.45, 2.75) is 38.8 Å². The van der Waals surface area contributed by atoms with Gasteiger partial charge in [0.15, 0.2) is 0 Å². The number of rotatable bonds is 8. The zero-order valence-electron chi connectivity index (χ0n) is 14.2. The highest BCUT2D eigenvalue weighted by Gasteiger charge is 2.09. The lowest BCUT2D eigenvalue weighted by atomic mass is 10.0. The molecule has 0 amide bonds. The maximum absolute atomic E-state index is 10.1. The fraction of sp³-hybridized carbons (Fsp3) is 0.400. The van der Waals surface area contributed by atoms with Gasteiger partial charge in [0.1, 0.15) is 18.5 Å². The molecule has 0 unspecified atom stereocenters. The molecule has 0 aliphatic carbocycles. The molecular formula is C20H27NO2. The number of aliphatic hydroxyl groups is 1. The first-order valence-corrected chi connectivity index (χ1v) is 8.25. The lowest BCUT2D eigenvalue weighted by molar-refractivity contribution is 0.104. The summed E-state index contributed by atoms with van der Waals surface area (Å²) < 4.78 is 5.65. The van der Waals surface area contributed by atoms with E-state index in [4.69, 9.17) is 4.74 Å². The molecule has 0 aromatic heterocycles. The van der Waals surface area contributed by atoms with Gasteiger partial charge in [0.25, 0.3) is 0 Å². The Bertz CT molecular complexity index is 566. The second kappa shape index (κ2) is 8.70. The van der Waals surface area contributed by atoms with Crippen molar-refractivity contribution in [3.63, 3.8) is 0 Å². The molecule has 0 heterocycles. The van der Waals surface area contributed by atoms with E-state index in [1.54, 1.807) is 0 Å². The molecular weight excluding hydrogens is 286 g/mol. The average molecular weight is 313 g/mol. The second-order valence-corrected chi connectivity index (χ2v) is 6.23. The molecule has 23 heavy (non-hydrogen) atoms. The number of benzene rings is 2. The summed E-state index contributed by atoms with van der Waals surface area (Å²) in [6.07, 6.45) is -0.536. The number of hydrogen-bond donors (Lipinski definition) is 2. The third kappa shape index (κ3) is 5.70. The van der Waals surface area contributed by atoms with Crippen LogP contribution in [0.2, 0.25) is 0 Å². The molecule has 0 aliphatic rings. The predicted molar refractivity (Wildman–Crippen MR) is 94.9 cm³/mol. The van der Waals surface area contributed by atoms with Crippen LogP contribution in [0.5, 0.6) is 5.75 Å². The molecule has 0 aliphatic heterocycles. The molecule has 0 saturated heterocycles. The second-order valence-electron chi connectivity index (χ2n) is 6.23. The van der Waals surface area contributed by atoms with E-state index < -0.39 is 6.10 Å². The van der Waals surface area contributed by atoms with Crippen LogP contribution < -0.4 is 10.1 Å². The Balaban J connectivity index is 1.73. The van der Waals surface area contributed by atoms with Crippen LogP contribution in [0.4, 0.5) is 0 Å². The van der Waals surface area contributed by atoms with Gasteiger partial charge in [0.2, 0.25) is 0 Å². The number of nitrogens with one attached hydrogen (secondary N) is 1. The van der Waals surface area contributed by atoms with Crippen LogP contribution in [0.1, 0.15) is 43.9 Å². The van der Waals surface area contributed by atoms with Crippen molar-refractivity contribution in [3.05, 3.63) is 65.7 Å². The molecule has 0 saturated carbocycles. The lowest BCUT2D eigenvalue weighted by Crippen LogP contribution is -2.33. The average Bonchev–Trinajstić information content (AvgIpc) is 2.59. The minimum atomic E-state index is -0.536. The zero-order valence-corrected chi connectivity index (χ0v) is 14.2. The molecule has 2 N–H and O–H groups in total. The molecule has 3 nitrogen and oxygen atoms in total. The largest absolute Gasteiger partial charge is 0.491 e. The third-order valence-corrected chi connectivity index (χ3v) is 3.95. The molecule has 0 spiro atoms. The quantitative estimate of drug-likeness (QED) is 0.776. The predicted octanol–water partition coefficient (Wildman–Crippen LogP) is 3.90. The van der Waals surface area contributed by atoms with E-state index in [0.717, 1.165) is 5.75 Å². The summed E-state index contributed by atoms with van der Waals surface area (Å²) in [5.41, 5.74) is 2.50. The summed E-state index contributed by atoms with van der Waals surface area (Å²) in [6, 6.07) is 18.5. The highest BCUT2D eigenvalue weighted by molar-refractivity contribution is 5.28. The topological polar surface area (TPSA) is 41.5 Å². The van der Waals surface area contributed by atoms with Gasteiger partial charge < -0.3 is 15.2 Å². The maximum Gasteiger partial charge on any atom is 0.119 e. The van der Waals surface area contributed by atoms with E-state index in [-0.39, 0.29) is 12.6 Å². The monoisotopic (exact) mass is 313 g/mol. The van der Waals surface area contributed by atoms with Gasteiger partial charge in [-0.25, -0.2) is 0 Å². The van der Waals surface area contributed by atoms with Crippen molar-refractivity contribution in [1.29, 1.82) is 0 Å². The van der Waals surface area contributed by atoms with Crippen molar-refractivity contribution in [3.8, 4) is 5.75 Å². The van der Waals surface area contributed by atoms with Crippen LogP contribution in [0, 0.1) is 0 Å². The Morgan fingerprint density at radius 3 is 2.17 bits per heavy atom. The molecule has 3 heteroatoms. The minimum absolute atomic E-state index is 0.205. The van der Waals surface area contributed by atoms with E-state index in [1.165, 1.54) is 11.1 Å². The third-order valence-electron chi connectivity index (χ3n) is 3.95. The summed E-state index contributed by atoms with van der Waals surface area (Å²) in [6.45, 7) is 7.21. The van der Waals surface area contributed by atoms with Crippen LogP contribution in [-0.2, 0) is 0 Å². The smallest absolute Gasteiger partial charge is 0.119 e. The van der Waals surface area contributed by atoms with Gasteiger partial charge >= 0.3 is 0 Å². The summed E-state index contributed by atoms with van der Waals surface area (Å²) in [7, 11) is 0. The highest BCUT2D eigenvalue weighted by Crippen LogP contribution is 2.18. The van der Waals surface area contributed by atoms with E-state index in [1.807, 2.05) is 30.3 Å². The van der Waals surface area contributed by atoms with Crippen molar-refractivity contribution < 1.29 is 9.84 Å². The normalized spacial score (nSPS) is 13.8. The maximum atomic E-state index is 10.1. The molecule has 0 radical (unpaired) electrons. The first-order chi connectivity index (χ1) is 11.1. The summed E-state index contributed by atoms with van der Waals surface area (Å²) in [5.74, 6) is 1.31. The van der Waals surface area contributed by atoms with Gasteiger partial charge in [-0.2, -0.15) is 0 Å². The van der Waals surface area contributed by atoms with Crippen LogP contribution in [-0.4, -0.2) is 24.4 Å². The zero-order chi connectivity index (χ0) is 16.7. The fourth-order valence-electron chi connectivity index (χ4n) is 2.37. The molecule has 2 aromatic rings. The van der Waals surface area contributed by atoms with E-state index >= 15 is 0 Å². The highest BCUT2D eigenvalue weighted by atomic mass is 16.5. The minimum Gasteiger partial charge on any atom is -0.491 e. The Morgan fingerprint density at radius 2 is 1.57 bits per heavy atom. The van der Waals surface area contributed by atoms with E-state index in [9.17, 15) is 5.11 Å². The van der Waals surface area contributed by atoms with Crippen LogP contribution in [0.25, 0.3) is 0 Å². The van der Waals surface area contributed by atoms with Gasteiger partial charge in [-0.1, -0.05) is 56.3 Å². The lowest BCUT2D eigenvalue weighted by Gasteiger charge is -2.18. The standard InChI is InChI=1S/C20H27NO2/c1-15(2)17-9-11-20(12-10-17)23-14-19(22)13-21-16(3)18-7-5-4-6-8-18/h4-12,15-16,19,21-22H,13-14H2,1-3H3/t16-,19-/m1/s1. The number of hydrogen-bond acceptors (Lipinski definition) is 3. The Labute approximate surface area is 139 Å². The fourth-order valence-corrected chi connectivity index (χ4v) is 2.37. The number of aliphatic hydroxyl groups excluding tert-OH is 1. The Morgan fingerprint density at radius 1 is 0.913 bits per heavy atom. The van der Waals surface area contributed by atoms with Gasteiger partial charge in [0, 0.05) is 12.6 Å². The summed E-state index contributed by atoms with van der Waals surface area (Å²) >= 11 is 0. The van der Waals surface area contributed by atoms with Gasteiger partial charge in [-0.3, -0.25) is 0 Å².